The van der Waals surface area contributed by atoms with Crippen molar-refractivity contribution < 1.29 is 4.74 Å². The zero-order valence-electron chi connectivity index (χ0n) is 12.5. The van der Waals surface area contributed by atoms with Gasteiger partial charge in [-0.05, 0) is 29.2 Å². The number of rotatable bonds is 2. The third-order valence-electron chi connectivity index (χ3n) is 4.88. The maximum atomic E-state index is 6.35. The quantitative estimate of drug-likeness (QED) is 0.822. The van der Waals surface area contributed by atoms with Crippen molar-refractivity contribution in [2.45, 2.75) is 31.6 Å². The van der Waals surface area contributed by atoms with E-state index in [4.69, 9.17) is 16.3 Å². The lowest BCUT2D eigenvalue weighted by molar-refractivity contribution is -0.0325. The number of benzene rings is 2. The fourth-order valence-corrected chi connectivity index (χ4v) is 3.98. The maximum absolute atomic E-state index is 6.35. The fraction of sp³-hybridized carbons (Fsp3) is 0.368. The SMILES string of the molecule is Clc1cccc2c1CO[C@H]1CCN(Cc3ccccc3)C[C@@H]21. The molecular formula is C19H20ClNO. The molecule has 0 radical (unpaired) electrons. The van der Waals surface area contributed by atoms with E-state index in [9.17, 15) is 0 Å². The second-order valence-electron chi connectivity index (χ2n) is 6.27. The average Bonchev–Trinajstić information content (AvgIpc) is 2.56. The van der Waals surface area contributed by atoms with E-state index in [1.807, 2.05) is 6.07 Å². The monoisotopic (exact) mass is 313 g/mol. The summed E-state index contributed by atoms with van der Waals surface area (Å²) in [4.78, 5) is 2.54. The molecule has 3 heteroatoms. The van der Waals surface area contributed by atoms with Crippen LogP contribution in [0.4, 0.5) is 0 Å². The molecule has 2 nitrogen and oxygen atoms in total. The van der Waals surface area contributed by atoms with Gasteiger partial charge in [0.2, 0.25) is 0 Å². The summed E-state index contributed by atoms with van der Waals surface area (Å²) in [5, 5.41) is 0.844. The van der Waals surface area contributed by atoms with Crippen molar-refractivity contribution in [2.75, 3.05) is 13.1 Å². The Morgan fingerprint density at radius 3 is 2.82 bits per heavy atom. The molecule has 0 unspecified atom stereocenters. The van der Waals surface area contributed by atoms with E-state index < -0.39 is 0 Å². The number of hydrogen-bond acceptors (Lipinski definition) is 2. The van der Waals surface area contributed by atoms with E-state index in [1.165, 1.54) is 16.7 Å². The molecule has 2 aliphatic heterocycles. The standard InChI is InChI=1S/C19H20ClNO/c20-18-8-4-7-15-16-12-21(11-14-5-2-1-3-6-14)10-9-19(16)22-13-17(15)18/h1-8,16,19H,9-13H2/t16-,19-/m0/s1. The molecule has 0 spiro atoms. The van der Waals surface area contributed by atoms with Crippen molar-refractivity contribution in [3.05, 3.63) is 70.2 Å². The van der Waals surface area contributed by atoms with E-state index in [1.54, 1.807) is 0 Å². The highest BCUT2D eigenvalue weighted by molar-refractivity contribution is 6.31. The van der Waals surface area contributed by atoms with Gasteiger partial charge in [0, 0.05) is 30.6 Å². The molecule has 4 rings (SSSR count). The van der Waals surface area contributed by atoms with Gasteiger partial charge in [-0.15, -0.1) is 0 Å². The molecule has 2 aliphatic rings. The fourth-order valence-electron chi connectivity index (χ4n) is 3.75. The summed E-state index contributed by atoms with van der Waals surface area (Å²) in [6, 6.07) is 17.0. The third-order valence-corrected chi connectivity index (χ3v) is 5.23. The molecule has 2 aromatic carbocycles. The van der Waals surface area contributed by atoms with Crippen molar-refractivity contribution in [3.63, 3.8) is 0 Å². The highest BCUT2D eigenvalue weighted by Gasteiger charge is 2.35. The summed E-state index contributed by atoms with van der Waals surface area (Å²) < 4.78 is 6.08. The van der Waals surface area contributed by atoms with Gasteiger partial charge >= 0.3 is 0 Å². The minimum Gasteiger partial charge on any atom is -0.373 e. The highest BCUT2D eigenvalue weighted by Crippen LogP contribution is 2.39. The first kappa shape index (κ1) is 14.3. The lowest BCUT2D eigenvalue weighted by atomic mass is 9.83. The number of ether oxygens (including phenoxy) is 1. The van der Waals surface area contributed by atoms with Crippen LogP contribution in [-0.2, 0) is 17.9 Å². The summed E-state index contributed by atoms with van der Waals surface area (Å²) in [6.45, 7) is 3.83. The van der Waals surface area contributed by atoms with Crippen molar-refractivity contribution in [1.29, 1.82) is 0 Å². The van der Waals surface area contributed by atoms with Crippen molar-refractivity contribution >= 4 is 11.6 Å². The lowest BCUT2D eigenvalue weighted by Crippen LogP contribution is -2.44. The summed E-state index contributed by atoms with van der Waals surface area (Å²) in [7, 11) is 0. The Bertz CT molecular complexity index is 658. The molecule has 0 saturated carbocycles. The highest BCUT2D eigenvalue weighted by atomic mass is 35.5. The molecule has 0 aromatic heterocycles. The van der Waals surface area contributed by atoms with E-state index in [0.717, 1.165) is 31.1 Å². The summed E-state index contributed by atoms with van der Waals surface area (Å²) in [6.07, 6.45) is 1.45. The molecule has 114 valence electrons. The molecule has 22 heavy (non-hydrogen) atoms. The zero-order valence-corrected chi connectivity index (χ0v) is 13.3. The molecular weight excluding hydrogens is 294 g/mol. The van der Waals surface area contributed by atoms with Gasteiger partial charge in [0.1, 0.15) is 0 Å². The first-order valence-corrected chi connectivity index (χ1v) is 8.34. The van der Waals surface area contributed by atoms with Crippen LogP contribution in [0.1, 0.15) is 29.0 Å². The van der Waals surface area contributed by atoms with Crippen LogP contribution in [0.2, 0.25) is 5.02 Å². The van der Waals surface area contributed by atoms with Crippen molar-refractivity contribution in [2.24, 2.45) is 0 Å². The number of halogens is 1. The van der Waals surface area contributed by atoms with Crippen LogP contribution in [0.25, 0.3) is 0 Å². The number of hydrogen-bond donors (Lipinski definition) is 0. The van der Waals surface area contributed by atoms with E-state index >= 15 is 0 Å². The molecule has 0 N–H and O–H groups in total. The summed E-state index contributed by atoms with van der Waals surface area (Å²) >= 11 is 6.35. The number of fused-ring (bicyclic) bond motifs is 3. The molecule has 2 atom stereocenters. The molecule has 1 saturated heterocycles. The van der Waals surface area contributed by atoms with Crippen LogP contribution >= 0.6 is 11.6 Å². The van der Waals surface area contributed by atoms with Crippen LogP contribution in [0.5, 0.6) is 0 Å². The van der Waals surface area contributed by atoms with Gasteiger partial charge in [-0.3, -0.25) is 4.90 Å². The van der Waals surface area contributed by atoms with Gasteiger partial charge in [-0.25, -0.2) is 0 Å². The topological polar surface area (TPSA) is 12.5 Å². The Labute approximate surface area is 136 Å². The van der Waals surface area contributed by atoms with Gasteiger partial charge in [-0.1, -0.05) is 54.1 Å². The number of nitrogens with zero attached hydrogens (tertiary/aromatic N) is 1. The largest absolute Gasteiger partial charge is 0.373 e. The van der Waals surface area contributed by atoms with Crippen LogP contribution < -0.4 is 0 Å². The molecule has 2 aromatic rings. The van der Waals surface area contributed by atoms with Gasteiger partial charge in [-0.2, -0.15) is 0 Å². The van der Waals surface area contributed by atoms with E-state index in [0.29, 0.717) is 18.6 Å². The second-order valence-corrected chi connectivity index (χ2v) is 6.68. The minimum atomic E-state index is 0.345. The lowest BCUT2D eigenvalue weighted by Gasteiger charge is -2.42. The second kappa shape index (κ2) is 6.04. The predicted octanol–water partition coefficient (Wildman–Crippen LogP) is 4.23. The smallest absolute Gasteiger partial charge is 0.0738 e. The Hall–Kier alpha value is -1.35. The molecule has 0 bridgehead atoms. The normalized spacial score (nSPS) is 24.6. The number of likely N-dealkylation sites (tertiary alicyclic amines) is 1. The zero-order chi connectivity index (χ0) is 14.9. The Morgan fingerprint density at radius 1 is 1.09 bits per heavy atom. The van der Waals surface area contributed by atoms with Gasteiger partial charge < -0.3 is 4.74 Å². The van der Waals surface area contributed by atoms with Gasteiger partial charge in [0.15, 0.2) is 0 Å². The Balaban J connectivity index is 1.56. The van der Waals surface area contributed by atoms with Crippen LogP contribution in [-0.4, -0.2) is 24.1 Å². The Kier molecular flexibility index (Phi) is 3.91. The maximum Gasteiger partial charge on any atom is 0.0738 e. The summed E-state index contributed by atoms with van der Waals surface area (Å²) in [5.74, 6) is 0.444. The van der Waals surface area contributed by atoms with E-state index in [-0.39, 0.29) is 0 Å². The third kappa shape index (κ3) is 2.67. The van der Waals surface area contributed by atoms with Crippen LogP contribution in [0.15, 0.2) is 48.5 Å². The molecule has 0 amide bonds. The molecule has 0 aliphatic carbocycles. The summed E-state index contributed by atoms with van der Waals surface area (Å²) in [5.41, 5.74) is 3.96. The first-order valence-electron chi connectivity index (χ1n) is 7.96. The van der Waals surface area contributed by atoms with Gasteiger partial charge in [0.05, 0.1) is 12.7 Å². The van der Waals surface area contributed by atoms with Crippen molar-refractivity contribution in [3.8, 4) is 0 Å². The van der Waals surface area contributed by atoms with Crippen molar-refractivity contribution in [1.82, 2.24) is 4.90 Å². The minimum absolute atomic E-state index is 0.345. The average molecular weight is 314 g/mol. The molecule has 1 fully saturated rings. The molecule has 2 heterocycles. The Morgan fingerprint density at radius 2 is 1.95 bits per heavy atom. The van der Waals surface area contributed by atoms with Crippen LogP contribution in [0, 0.1) is 0 Å². The predicted molar refractivity (Wildman–Crippen MR) is 89.1 cm³/mol. The number of piperidine rings is 1. The van der Waals surface area contributed by atoms with Gasteiger partial charge in [0.25, 0.3) is 0 Å². The first-order chi connectivity index (χ1) is 10.8. The van der Waals surface area contributed by atoms with E-state index in [2.05, 4.69) is 47.4 Å². The van der Waals surface area contributed by atoms with Crippen LogP contribution in [0.3, 0.4) is 0 Å².